The van der Waals surface area contributed by atoms with Crippen molar-refractivity contribution in [3.63, 3.8) is 0 Å². The second-order valence-corrected chi connectivity index (χ2v) is 5.00. The fourth-order valence-corrected chi connectivity index (χ4v) is 2.22. The van der Waals surface area contributed by atoms with E-state index in [0.29, 0.717) is 17.4 Å². The molecular weight excluding hydrogens is 299 g/mol. The second-order valence-electron chi connectivity index (χ2n) is 5.00. The highest BCUT2D eigenvalue weighted by Gasteiger charge is 2.24. The van der Waals surface area contributed by atoms with Crippen LogP contribution in [0, 0.1) is 0 Å². The Morgan fingerprint density at radius 1 is 1.45 bits per heavy atom. The number of halogens is 2. The summed E-state index contributed by atoms with van der Waals surface area (Å²) in [4.78, 5) is 18.3. The van der Waals surface area contributed by atoms with Gasteiger partial charge in [0.1, 0.15) is 5.69 Å². The number of carbonyl (C=O) groups is 1. The van der Waals surface area contributed by atoms with Crippen LogP contribution >= 0.6 is 24.8 Å². The van der Waals surface area contributed by atoms with Crippen LogP contribution in [-0.2, 0) is 0 Å². The maximum Gasteiger partial charge on any atom is 0.270 e. The molecule has 20 heavy (non-hydrogen) atoms. The predicted molar refractivity (Wildman–Crippen MR) is 85.7 cm³/mol. The average molecular weight is 321 g/mol. The van der Waals surface area contributed by atoms with Crippen molar-refractivity contribution < 1.29 is 4.79 Å². The van der Waals surface area contributed by atoms with Crippen LogP contribution < -0.4 is 11.1 Å². The summed E-state index contributed by atoms with van der Waals surface area (Å²) in [5.74, 6) is -0.114. The number of hydrogen-bond donors (Lipinski definition) is 2. The first kappa shape index (κ1) is 19.0. The van der Waals surface area contributed by atoms with Crippen molar-refractivity contribution in [1.29, 1.82) is 0 Å². The van der Waals surface area contributed by atoms with Gasteiger partial charge in [-0.2, -0.15) is 0 Å². The van der Waals surface area contributed by atoms with Crippen LogP contribution in [0.1, 0.15) is 30.3 Å². The van der Waals surface area contributed by atoms with E-state index in [2.05, 4.69) is 29.2 Å². The number of hydrogen-bond acceptors (Lipinski definition) is 4. The second kappa shape index (κ2) is 8.29. The third-order valence-electron chi connectivity index (χ3n) is 3.56. The van der Waals surface area contributed by atoms with Crippen LogP contribution in [0.5, 0.6) is 0 Å². The first-order chi connectivity index (χ1) is 8.56. The number of nitrogens with two attached hydrogens (primary N) is 1. The van der Waals surface area contributed by atoms with Gasteiger partial charge in [-0.3, -0.25) is 4.79 Å². The van der Waals surface area contributed by atoms with Gasteiger partial charge in [0.2, 0.25) is 0 Å². The highest BCUT2D eigenvalue weighted by molar-refractivity contribution is 5.92. The molecule has 0 aromatic carbocycles. The zero-order chi connectivity index (χ0) is 13.1. The number of nitrogens with zero attached hydrogens (tertiary/aromatic N) is 2. The monoisotopic (exact) mass is 320 g/mol. The van der Waals surface area contributed by atoms with E-state index in [-0.39, 0.29) is 36.8 Å². The molecule has 2 atom stereocenters. The largest absolute Gasteiger partial charge is 0.397 e. The molecule has 1 aromatic rings. The van der Waals surface area contributed by atoms with Crippen molar-refractivity contribution in [1.82, 2.24) is 15.2 Å². The minimum Gasteiger partial charge on any atom is -0.397 e. The molecule has 0 bridgehead atoms. The van der Waals surface area contributed by atoms with E-state index in [4.69, 9.17) is 5.73 Å². The van der Waals surface area contributed by atoms with E-state index in [0.717, 1.165) is 19.4 Å². The number of nitrogens with one attached hydrogen (secondary N) is 1. The topological polar surface area (TPSA) is 71.2 Å². The Morgan fingerprint density at radius 2 is 2.15 bits per heavy atom. The van der Waals surface area contributed by atoms with Gasteiger partial charge < -0.3 is 16.0 Å². The van der Waals surface area contributed by atoms with E-state index >= 15 is 0 Å². The van der Waals surface area contributed by atoms with E-state index in [1.807, 2.05) is 0 Å². The van der Waals surface area contributed by atoms with Crippen LogP contribution in [0.25, 0.3) is 0 Å². The molecule has 1 aliphatic rings. The number of pyridine rings is 1. The maximum atomic E-state index is 12.0. The molecule has 1 fully saturated rings. The van der Waals surface area contributed by atoms with Crippen molar-refractivity contribution in [3.05, 3.63) is 24.0 Å². The number of amides is 1. The maximum absolute atomic E-state index is 12.0. The third-order valence-corrected chi connectivity index (χ3v) is 3.56. The minimum atomic E-state index is -0.114. The highest BCUT2D eigenvalue weighted by atomic mass is 35.5. The van der Waals surface area contributed by atoms with Gasteiger partial charge in [-0.15, -0.1) is 24.8 Å². The summed E-state index contributed by atoms with van der Waals surface area (Å²) in [5.41, 5.74) is 6.54. The standard InChI is InChI=1S/C13H20N4O.2ClH/c1-9-7-11(5-6-17(9)2)16-13(18)12-4-3-10(14)8-15-12;;/h3-4,8-9,11H,5-7,14H2,1-2H3,(H,16,18);2*1H. The Morgan fingerprint density at radius 3 is 2.70 bits per heavy atom. The van der Waals surface area contributed by atoms with Crippen LogP contribution in [0.15, 0.2) is 18.3 Å². The Kier molecular flexibility index (Phi) is 7.86. The van der Waals surface area contributed by atoms with Crippen LogP contribution in [0.2, 0.25) is 0 Å². The summed E-state index contributed by atoms with van der Waals surface area (Å²) in [7, 11) is 2.12. The lowest BCUT2D eigenvalue weighted by molar-refractivity contribution is 0.0891. The molecule has 3 N–H and O–H groups in total. The molecule has 7 heteroatoms. The highest BCUT2D eigenvalue weighted by Crippen LogP contribution is 2.15. The molecule has 2 rings (SSSR count). The first-order valence-electron chi connectivity index (χ1n) is 6.29. The van der Waals surface area contributed by atoms with E-state index in [1.165, 1.54) is 6.20 Å². The molecule has 5 nitrogen and oxygen atoms in total. The smallest absolute Gasteiger partial charge is 0.270 e. The lowest BCUT2D eigenvalue weighted by Gasteiger charge is -2.35. The van der Waals surface area contributed by atoms with E-state index in [9.17, 15) is 4.79 Å². The van der Waals surface area contributed by atoms with Gasteiger partial charge in [-0.1, -0.05) is 0 Å². The summed E-state index contributed by atoms with van der Waals surface area (Å²) in [6.45, 7) is 3.20. The predicted octanol–water partition coefficient (Wildman–Crippen LogP) is 1.72. The SMILES string of the molecule is CC1CC(NC(=O)c2ccc(N)cn2)CCN1C.Cl.Cl. The van der Waals surface area contributed by atoms with Crippen molar-refractivity contribution in [2.24, 2.45) is 0 Å². The fraction of sp³-hybridized carbons (Fsp3) is 0.538. The zero-order valence-corrected chi connectivity index (χ0v) is 13.3. The Bertz CT molecular complexity index is 427. The molecule has 1 aromatic heterocycles. The van der Waals surface area contributed by atoms with Crippen LogP contribution in [-0.4, -0.2) is 41.5 Å². The fourth-order valence-electron chi connectivity index (χ4n) is 2.22. The Hall–Kier alpha value is -1.04. The van der Waals surface area contributed by atoms with Gasteiger partial charge >= 0.3 is 0 Å². The molecule has 0 radical (unpaired) electrons. The quantitative estimate of drug-likeness (QED) is 0.870. The van der Waals surface area contributed by atoms with E-state index < -0.39 is 0 Å². The number of piperidine rings is 1. The normalized spacial score (nSPS) is 22.3. The molecule has 1 amide bonds. The molecule has 114 valence electrons. The number of carbonyl (C=O) groups excluding carboxylic acids is 1. The molecule has 0 aliphatic carbocycles. The molecule has 2 unspecified atom stereocenters. The van der Waals surface area contributed by atoms with Gasteiger partial charge in [-0.05, 0) is 38.9 Å². The first-order valence-corrected chi connectivity index (χ1v) is 6.29. The molecular formula is C13H22Cl2N4O. The summed E-state index contributed by atoms with van der Waals surface area (Å²) in [5, 5.41) is 3.04. The molecule has 0 spiro atoms. The summed E-state index contributed by atoms with van der Waals surface area (Å²) >= 11 is 0. The van der Waals surface area contributed by atoms with Crippen molar-refractivity contribution in [2.75, 3.05) is 19.3 Å². The summed E-state index contributed by atoms with van der Waals surface area (Å²) < 4.78 is 0. The number of anilines is 1. The van der Waals surface area contributed by atoms with Crippen LogP contribution in [0.3, 0.4) is 0 Å². The van der Waals surface area contributed by atoms with Gasteiger partial charge in [-0.25, -0.2) is 4.98 Å². The van der Waals surface area contributed by atoms with Gasteiger partial charge in [0.15, 0.2) is 0 Å². The lowest BCUT2D eigenvalue weighted by Crippen LogP contribution is -2.47. The number of likely N-dealkylation sites (tertiary alicyclic amines) is 1. The molecule has 1 aliphatic heterocycles. The molecule has 2 heterocycles. The summed E-state index contributed by atoms with van der Waals surface area (Å²) in [6.07, 6.45) is 3.48. The Balaban J connectivity index is 0.00000180. The van der Waals surface area contributed by atoms with Gasteiger partial charge in [0.25, 0.3) is 5.91 Å². The van der Waals surface area contributed by atoms with Crippen LogP contribution in [0.4, 0.5) is 5.69 Å². The van der Waals surface area contributed by atoms with Crippen molar-refractivity contribution in [3.8, 4) is 0 Å². The summed E-state index contributed by atoms with van der Waals surface area (Å²) in [6, 6.07) is 4.09. The minimum absolute atomic E-state index is 0. The number of aromatic nitrogens is 1. The molecule has 1 saturated heterocycles. The van der Waals surface area contributed by atoms with Gasteiger partial charge in [0.05, 0.1) is 11.9 Å². The lowest BCUT2D eigenvalue weighted by atomic mass is 9.99. The van der Waals surface area contributed by atoms with Crippen molar-refractivity contribution in [2.45, 2.75) is 31.8 Å². The zero-order valence-electron chi connectivity index (χ0n) is 11.7. The van der Waals surface area contributed by atoms with Gasteiger partial charge in [0, 0.05) is 18.6 Å². The third kappa shape index (κ3) is 4.81. The Labute approximate surface area is 132 Å². The average Bonchev–Trinajstić information content (AvgIpc) is 2.34. The van der Waals surface area contributed by atoms with Crippen molar-refractivity contribution >= 4 is 36.4 Å². The molecule has 0 saturated carbocycles. The number of rotatable bonds is 2. The number of nitrogen functional groups attached to an aromatic ring is 1. The van der Waals surface area contributed by atoms with E-state index in [1.54, 1.807) is 12.1 Å².